The van der Waals surface area contributed by atoms with E-state index in [0.717, 1.165) is 6.07 Å². The van der Waals surface area contributed by atoms with Gasteiger partial charge in [-0.05, 0) is 12.1 Å². The summed E-state index contributed by atoms with van der Waals surface area (Å²) in [4.78, 5) is 10.7. The van der Waals surface area contributed by atoms with Gasteiger partial charge in [0.2, 0.25) is 5.78 Å². The average Bonchev–Trinajstić information content (AvgIpc) is 2.15. The Bertz CT molecular complexity index is 391. The fourth-order valence-corrected chi connectivity index (χ4v) is 0.989. The maximum Gasteiger partial charge on any atom is 0.387 e. The van der Waals surface area contributed by atoms with Crippen LogP contribution in [0.5, 0.6) is 5.75 Å². The normalized spacial score (nSPS) is 10.9. The number of hydrogen-bond acceptors (Lipinski definition) is 2. The molecule has 0 N–H and O–H groups in total. The van der Waals surface area contributed by atoms with E-state index >= 15 is 0 Å². The SMILES string of the molecule is O=C(c1ccc(OC(F)F)cc1F)C(F)F. The zero-order valence-corrected chi connectivity index (χ0v) is 7.59. The van der Waals surface area contributed by atoms with Crippen LogP contribution in [0.2, 0.25) is 0 Å². The molecule has 0 fully saturated rings. The molecule has 0 aliphatic heterocycles. The number of carbonyl (C=O) groups excluding carboxylic acids is 1. The van der Waals surface area contributed by atoms with Crippen LogP contribution in [0.3, 0.4) is 0 Å². The minimum absolute atomic E-state index is 0.446. The molecule has 0 aliphatic carbocycles. The van der Waals surface area contributed by atoms with Gasteiger partial charge in [-0.15, -0.1) is 0 Å². The third-order valence-corrected chi connectivity index (χ3v) is 1.63. The quantitative estimate of drug-likeness (QED) is 0.597. The second-order valence-electron chi connectivity index (χ2n) is 2.69. The van der Waals surface area contributed by atoms with Crippen LogP contribution in [-0.4, -0.2) is 18.8 Å². The lowest BCUT2D eigenvalue weighted by molar-refractivity contribution is -0.0500. The van der Waals surface area contributed by atoms with Gasteiger partial charge in [-0.3, -0.25) is 4.79 Å². The molecule has 0 saturated carbocycles. The first-order chi connectivity index (χ1) is 7.41. The van der Waals surface area contributed by atoms with Crippen LogP contribution in [0, 0.1) is 5.82 Å². The molecule has 0 atom stereocenters. The zero-order valence-electron chi connectivity index (χ0n) is 7.59. The summed E-state index contributed by atoms with van der Waals surface area (Å²) in [6, 6.07) is 1.92. The molecule has 0 spiro atoms. The molecule has 0 unspecified atom stereocenters. The van der Waals surface area contributed by atoms with Crippen molar-refractivity contribution in [2.24, 2.45) is 0 Å². The van der Waals surface area contributed by atoms with Gasteiger partial charge < -0.3 is 4.74 Å². The minimum atomic E-state index is -3.35. The van der Waals surface area contributed by atoms with E-state index in [2.05, 4.69) is 4.74 Å². The first kappa shape index (κ1) is 12.4. The largest absolute Gasteiger partial charge is 0.435 e. The van der Waals surface area contributed by atoms with Crippen molar-refractivity contribution in [2.45, 2.75) is 13.0 Å². The van der Waals surface area contributed by atoms with Gasteiger partial charge in [0, 0.05) is 6.07 Å². The molecule has 0 aromatic heterocycles. The number of benzene rings is 1. The van der Waals surface area contributed by atoms with E-state index in [4.69, 9.17) is 0 Å². The number of hydrogen-bond donors (Lipinski definition) is 0. The van der Waals surface area contributed by atoms with Crippen molar-refractivity contribution in [3.8, 4) is 5.75 Å². The highest BCUT2D eigenvalue weighted by atomic mass is 19.3. The Kier molecular flexibility index (Phi) is 3.81. The molecule has 1 rings (SSSR count). The van der Waals surface area contributed by atoms with Gasteiger partial charge in [0.1, 0.15) is 11.6 Å². The summed E-state index contributed by atoms with van der Waals surface area (Å²) in [5.41, 5.74) is -0.864. The van der Waals surface area contributed by atoms with Gasteiger partial charge in [0.15, 0.2) is 0 Å². The fourth-order valence-electron chi connectivity index (χ4n) is 0.989. The maximum atomic E-state index is 13.0. The van der Waals surface area contributed by atoms with Crippen molar-refractivity contribution < 1.29 is 31.5 Å². The van der Waals surface area contributed by atoms with E-state index < -0.39 is 36.0 Å². The molecule has 0 bridgehead atoms. The Morgan fingerprint density at radius 3 is 2.25 bits per heavy atom. The van der Waals surface area contributed by atoms with Crippen LogP contribution in [0.15, 0.2) is 18.2 Å². The lowest BCUT2D eigenvalue weighted by Crippen LogP contribution is -2.12. The maximum absolute atomic E-state index is 13.0. The third kappa shape index (κ3) is 2.91. The molecule has 1 aromatic rings. The Morgan fingerprint density at radius 1 is 1.19 bits per heavy atom. The highest BCUT2D eigenvalue weighted by Crippen LogP contribution is 2.20. The molecule has 16 heavy (non-hydrogen) atoms. The van der Waals surface area contributed by atoms with E-state index in [9.17, 15) is 26.7 Å². The van der Waals surface area contributed by atoms with E-state index in [-0.39, 0.29) is 0 Å². The number of Topliss-reactive ketones (excluding diaryl/α,β-unsaturated/α-hetero) is 1. The lowest BCUT2D eigenvalue weighted by atomic mass is 10.1. The summed E-state index contributed by atoms with van der Waals surface area (Å²) >= 11 is 0. The van der Waals surface area contributed by atoms with Crippen molar-refractivity contribution in [2.75, 3.05) is 0 Å². The van der Waals surface area contributed by atoms with E-state index in [1.165, 1.54) is 0 Å². The van der Waals surface area contributed by atoms with Crippen LogP contribution < -0.4 is 4.74 Å². The van der Waals surface area contributed by atoms with E-state index in [0.29, 0.717) is 12.1 Å². The van der Waals surface area contributed by atoms with Crippen LogP contribution in [0.25, 0.3) is 0 Å². The standard InChI is InChI=1S/C9H5F5O2/c10-6-3-4(16-9(13)14)1-2-5(6)7(15)8(11)12/h1-3,8-9H. The molecule has 0 amide bonds. The van der Waals surface area contributed by atoms with Gasteiger partial charge in [-0.1, -0.05) is 0 Å². The number of ketones is 1. The second-order valence-corrected chi connectivity index (χ2v) is 2.69. The minimum Gasteiger partial charge on any atom is -0.435 e. The number of alkyl halides is 4. The molecule has 0 radical (unpaired) electrons. The topological polar surface area (TPSA) is 26.3 Å². The van der Waals surface area contributed by atoms with Crippen LogP contribution in [0.1, 0.15) is 10.4 Å². The summed E-state index contributed by atoms with van der Waals surface area (Å²) < 4.78 is 64.1. The highest BCUT2D eigenvalue weighted by molar-refractivity contribution is 5.98. The Balaban J connectivity index is 2.96. The Hall–Kier alpha value is -1.66. The fraction of sp³-hybridized carbons (Fsp3) is 0.222. The molecule has 0 heterocycles. The summed E-state index contributed by atoms with van der Waals surface area (Å²) in [5, 5.41) is 0. The molecule has 0 aliphatic rings. The van der Waals surface area contributed by atoms with Crippen molar-refractivity contribution in [3.05, 3.63) is 29.6 Å². The Morgan fingerprint density at radius 2 is 1.81 bits per heavy atom. The van der Waals surface area contributed by atoms with Crippen molar-refractivity contribution in [3.63, 3.8) is 0 Å². The number of carbonyl (C=O) groups is 1. The van der Waals surface area contributed by atoms with Crippen LogP contribution in [-0.2, 0) is 0 Å². The molecular formula is C9H5F5O2. The van der Waals surface area contributed by atoms with Gasteiger partial charge in [0.05, 0.1) is 5.56 Å². The van der Waals surface area contributed by atoms with E-state index in [1.807, 2.05) is 0 Å². The van der Waals surface area contributed by atoms with Gasteiger partial charge in [0.25, 0.3) is 0 Å². The van der Waals surface area contributed by atoms with Crippen molar-refractivity contribution >= 4 is 5.78 Å². The Labute approximate surface area is 86.6 Å². The first-order valence-electron chi connectivity index (χ1n) is 3.98. The van der Waals surface area contributed by atoms with Crippen molar-refractivity contribution in [1.82, 2.24) is 0 Å². The van der Waals surface area contributed by atoms with Crippen molar-refractivity contribution in [1.29, 1.82) is 0 Å². The molecular weight excluding hydrogens is 235 g/mol. The molecule has 0 saturated heterocycles. The van der Waals surface area contributed by atoms with E-state index in [1.54, 1.807) is 0 Å². The monoisotopic (exact) mass is 240 g/mol. The van der Waals surface area contributed by atoms with Crippen LogP contribution in [0.4, 0.5) is 22.0 Å². The summed E-state index contributed by atoms with van der Waals surface area (Å²) in [6.45, 7) is -3.16. The molecule has 7 heteroatoms. The number of rotatable bonds is 4. The smallest absolute Gasteiger partial charge is 0.387 e. The molecule has 1 aromatic carbocycles. The first-order valence-corrected chi connectivity index (χ1v) is 3.98. The van der Waals surface area contributed by atoms with Gasteiger partial charge in [-0.25, -0.2) is 13.2 Å². The van der Waals surface area contributed by atoms with Gasteiger partial charge in [-0.2, -0.15) is 8.78 Å². The zero-order chi connectivity index (χ0) is 12.3. The second kappa shape index (κ2) is 4.91. The number of ether oxygens (including phenoxy) is 1. The molecule has 88 valence electrons. The summed E-state index contributed by atoms with van der Waals surface area (Å²) in [7, 11) is 0. The summed E-state index contributed by atoms with van der Waals surface area (Å²) in [6.07, 6.45) is -3.35. The summed E-state index contributed by atoms with van der Waals surface area (Å²) in [5.74, 6) is -3.58. The lowest BCUT2D eigenvalue weighted by Gasteiger charge is -2.06. The highest BCUT2D eigenvalue weighted by Gasteiger charge is 2.21. The predicted molar refractivity (Wildman–Crippen MR) is 43.4 cm³/mol. The number of halogens is 5. The predicted octanol–water partition coefficient (Wildman–Crippen LogP) is 2.87. The average molecular weight is 240 g/mol. The van der Waals surface area contributed by atoms with Crippen LogP contribution >= 0.6 is 0 Å². The third-order valence-electron chi connectivity index (χ3n) is 1.63. The molecule has 2 nitrogen and oxygen atoms in total. The van der Waals surface area contributed by atoms with Gasteiger partial charge >= 0.3 is 13.0 Å².